The molecule has 0 bridgehead atoms. The molecule has 0 saturated carbocycles. The fourth-order valence-electron chi connectivity index (χ4n) is 1.93. The Morgan fingerprint density at radius 1 is 1.31 bits per heavy atom. The van der Waals surface area contributed by atoms with Crippen molar-refractivity contribution in [1.29, 1.82) is 0 Å². The third-order valence-corrected chi connectivity index (χ3v) is 2.87. The van der Waals surface area contributed by atoms with E-state index >= 15 is 0 Å². The highest BCUT2D eigenvalue weighted by Gasteiger charge is 2.18. The first kappa shape index (κ1) is 11.5. The molecule has 0 unspecified atom stereocenters. The van der Waals surface area contributed by atoms with Crippen molar-refractivity contribution in [1.82, 2.24) is 10.2 Å². The number of benzene rings is 1. The highest BCUT2D eigenvalue weighted by molar-refractivity contribution is 5.17. The number of hydrogen-bond acceptors (Lipinski definition) is 2. The van der Waals surface area contributed by atoms with Crippen molar-refractivity contribution in [2.24, 2.45) is 5.92 Å². The summed E-state index contributed by atoms with van der Waals surface area (Å²) >= 11 is 0. The molecule has 0 radical (unpaired) electrons. The second-order valence-electron chi connectivity index (χ2n) is 4.47. The van der Waals surface area contributed by atoms with E-state index in [0.29, 0.717) is 12.5 Å². The molecule has 2 nitrogen and oxygen atoms in total. The van der Waals surface area contributed by atoms with Crippen molar-refractivity contribution in [3.8, 4) is 0 Å². The molecule has 0 atom stereocenters. The Balaban J connectivity index is 1.89. The van der Waals surface area contributed by atoms with Crippen LogP contribution in [0, 0.1) is 17.6 Å². The van der Waals surface area contributed by atoms with Crippen molar-refractivity contribution in [3.63, 3.8) is 0 Å². The molecule has 1 fully saturated rings. The van der Waals surface area contributed by atoms with Crippen LogP contribution in [0.15, 0.2) is 18.2 Å². The van der Waals surface area contributed by atoms with Gasteiger partial charge in [0.15, 0.2) is 11.6 Å². The zero-order chi connectivity index (χ0) is 11.5. The molecule has 1 aromatic rings. The maximum Gasteiger partial charge on any atom is 0.159 e. The Bertz CT molecular complexity index is 364. The summed E-state index contributed by atoms with van der Waals surface area (Å²) in [4.78, 5) is 2.14. The summed E-state index contributed by atoms with van der Waals surface area (Å²) in [5.41, 5.74) is 0.814. The largest absolute Gasteiger partial charge is 0.316 e. The first-order valence-corrected chi connectivity index (χ1v) is 5.48. The first-order chi connectivity index (χ1) is 7.65. The molecule has 2 rings (SSSR count). The van der Waals surface area contributed by atoms with Crippen molar-refractivity contribution in [3.05, 3.63) is 35.4 Å². The van der Waals surface area contributed by atoms with Gasteiger partial charge in [0, 0.05) is 26.2 Å². The fraction of sp³-hybridized carbons (Fsp3) is 0.500. The summed E-state index contributed by atoms with van der Waals surface area (Å²) in [5.74, 6) is -0.860. The second kappa shape index (κ2) is 4.89. The zero-order valence-electron chi connectivity index (χ0n) is 9.34. The summed E-state index contributed by atoms with van der Waals surface area (Å²) in [6.07, 6.45) is 0. The van der Waals surface area contributed by atoms with E-state index in [1.807, 2.05) is 7.05 Å². The van der Waals surface area contributed by atoms with Gasteiger partial charge < -0.3 is 10.2 Å². The number of rotatable bonds is 4. The van der Waals surface area contributed by atoms with Crippen LogP contribution in [-0.2, 0) is 6.54 Å². The lowest BCUT2D eigenvalue weighted by Gasteiger charge is -2.31. The number of nitrogens with zero attached hydrogens (tertiary/aromatic N) is 1. The normalized spacial score (nSPS) is 16.5. The highest BCUT2D eigenvalue weighted by atomic mass is 19.2. The van der Waals surface area contributed by atoms with Crippen LogP contribution in [0.3, 0.4) is 0 Å². The van der Waals surface area contributed by atoms with Gasteiger partial charge in [-0.15, -0.1) is 0 Å². The zero-order valence-corrected chi connectivity index (χ0v) is 9.34. The van der Waals surface area contributed by atoms with Gasteiger partial charge in [0.1, 0.15) is 0 Å². The Hall–Kier alpha value is -1.00. The molecule has 1 aromatic carbocycles. The van der Waals surface area contributed by atoms with Crippen LogP contribution >= 0.6 is 0 Å². The van der Waals surface area contributed by atoms with Gasteiger partial charge in [0.05, 0.1) is 0 Å². The Morgan fingerprint density at radius 2 is 2.06 bits per heavy atom. The van der Waals surface area contributed by atoms with Gasteiger partial charge in [0.25, 0.3) is 0 Å². The van der Waals surface area contributed by atoms with Gasteiger partial charge in [-0.3, -0.25) is 0 Å². The lowest BCUT2D eigenvalue weighted by atomic mass is 10.0. The van der Waals surface area contributed by atoms with Crippen molar-refractivity contribution >= 4 is 0 Å². The number of hydrogen-bond donors (Lipinski definition) is 1. The molecule has 0 amide bonds. The molecule has 0 spiro atoms. The molecule has 16 heavy (non-hydrogen) atoms. The smallest absolute Gasteiger partial charge is 0.159 e. The van der Waals surface area contributed by atoms with Crippen LogP contribution in [0.1, 0.15) is 5.56 Å². The van der Waals surface area contributed by atoms with E-state index in [-0.39, 0.29) is 0 Å². The van der Waals surface area contributed by atoms with E-state index in [1.54, 1.807) is 6.07 Å². The van der Waals surface area contributed by atoms with Crippen molar-refractivity contribution < 1.29 is 8.78 Å². The summed E-state index contributed by atoms with van der Waals surface area (Å²) in [7, 11) is 2.00. The standard InChI is InChI=1S/C12H16F2N2/c1-16(8-10-5-15-6-10)7-9-2-3-11(13)12(14)4-9/h2-4,10,15H,5-8H2,1H3. The maximum absolute atomic E-state index is 13.0. The molecular weight excluding hydrogens is 210 g/mol. The summed E-state index contributed by atoms with van der Waals surface area (Å²) < 4.78 is 25.7. The minimum atomic E-state index is -0.783. The molecule has 0 aliphatic carbocycles. The number of nitrogens with one attached hydrogen (secondary N) is 1. The van der Waals surface area contributed by atoms with E-state index in [4.69, 9.17) is 0 Å². The maximum atomic E-state index is 13.0. The van der Waals surface area contributed by atoms with Crippen LogP contribution in [0.4, 0.5) is 8.78 Å². The molecule has 88 valence electrons. The topological polar surface area (TPSA) is 15.3 Å². The van der Waals surface area contributed by atoms with Gasteiger partial charge >= 0.3 is 0 Å². The van der Waals surface area contributed by atoms with Crippen LogP contribution in [-0.4, -0.2) is 31.6 Å². The Labute approximate surface area is 94.3 Å². The third kappa shape index (κ3) is 2.77. The molecule has 1 heterocycles. The lowest BCUT2D eigenvalue weighted by Crippen LogP contribution is -2.47. The van der Waals surface area contributed by atoms with Gasteiger partial charge in [-0.05, 0) is 30.7 Å². The van der Waals surface area contributed by atoms with Crippen LogP contribution in [0.25, 0.3) is 0 Å². The van der Waals surface area contributed by atoms with Crippen LogP contribution < -0.4 is 5.32 Å². The second-order valence-corrected chi connectivity index (χ2v) is 4.47. The average Bonchev–Trinajstić information content (AvgIpc) is 2.18. The van der Waals surface area contributed by atoms with E-state index in [0.717, 1.165) is 25.2 Å². The molecule has 0 aromatic heterocycles. The summed E-state index contributed by atoms with van der Waals surface area (Å²) in [5, 5.41) is 3.21. The first-order valence-electron chi connectivity index (χ1n) is 5.48. The van der Waals surface area contributed by atoms with Gasteiger partial charge in [-0.2, -0.15) is 0 Å². The molecule has 4 heteroatoms. The van der Waals surface area contributed by atoms with E-state index < -0.39 is 11.6 Å². The quantitative estimate of drug-likeness (QED) is 0.839. The van der Waals surface area contributed by atoms with Crippen LogP contribution in [0.5, 0.6) is 0 Å². The molecule has 1 aliphatic heterocycles. The minimum Gasteiger partial charge on any atom is -0.316 e. The Kier molecular flexibility index (Phi) is 3.51. The molecule has 1 aliphatic rings. The van der Waals surface area contributed by atoms with E-state index in [9.17, 15) is 8.78 Å². The summed E-state index contributed by atoms with van der Waals surface area (Å²) in [6.45, 7) is 3.77. The molecule has 1 saturated heterocycles. The number of halogens is 2. The predicted octanol–water partition coefficient (Wildman–Crippen LogP) is 1.62. The van der Waals surface area contributed by atoms with Gasteiger partial charge in [0.2, 0.25) is 0 Å². The van der Waals surface area contributed by atoms with Gasteiger partial charge in [-0.1, -0.05) is 6.07 Å². The monoisotopic (exact) mass is 226 g/mol. The molecule has 1 N–H and O–H groups in total. The average molecular weight is 226 g/mol. The highest BCUT2D eigenvalue weighted by Crippen LogP contribution is 2.12. The summed E-state index contributed by atoms with van der Waals surface area (Å²) in [6, 6.07) is 4.09. The predicted molar refractivity (Wildman–Crippen MR) is 59.1 cm³/mol. The van der Waals surface area contributed by atoms with Gasteiger partial charge in [-0.25, -0.2) is 8.78 Å². The van der Waals surface area contributed by atoms with Crippen molar-refractivity contribution in [2.75, 3.05) is 26.7 Å². The lowest BCUT2D eigenvalue weighted by molar-refractivity contribution is 0.218. The van der Waals surface area contributed by atoms with Crippen LogP contribution in [0.2, 0.25) is 0 Å². The Morgan fingerprint density at radius 3 is 2.62 bits per heavy atom. The van der Waals surface area contributed by atoms with E-state index in [2.05, 4.69) is 10.2 Å². The third-order valence-electron chi connectivity index (χ3n) is 2.87. The van der Waals surface area contributed by atoms with E-state index in [1.165, 1.54) is 12.1 Å². The SMILES string of the molecule is CN(Cc1ccc(F)c(F)c1)CC1CNC1. The minimum absolute atomic E-state index is 0.660. The molecular formula is C12H16F2N2. The fourth-order valence-corrected chi connectivity index (χ4v) is 1.93. The van der Waals surface area contributed by atoms with Crippen molar-refractivity contribution in [2.45, 2.75) is 6.54 Å².